The molecule has 4 aromatic heterocycles. The number of carbonyl (C=O) groups excluding carboxylic acids is 1. The molecular formula is C50H53FN8O7S. The number of aromatic nitrogens is 7. The van der Waals surface area contributed by atoms with E-state index in [4.69, 9.17) is 14.4 Å². The van der Waals surface area contributed by atoms with Crippen molar-refractivity contribution in [1.82, 2.24) is 38.5 Å². The average molecular weight is 929 g/mol. The minimum Gasteiger partial charge on any atom is -0.376 e. The first-order valence-electron chi connectivity index (χ1n) is 23.1. The number of halogens is 1. The first-order valence-corrected chi connectivity index (χ1v) is 25.1. The number of ether oxygens (including phenoxy) is 1. The van der Waals surface area contributed by atoms with Crippen LogP contribution in [0, 0.1) is 25.6 Å². The topological polar surface area (TPSA) is 172 Å². The molecule has 7 heterocycles. The lowest BCUT2D eigenvalue weighted by Crippen LogP contribution is -2.50. The molecule has 1 saturated carbocycles. The lowest BCUT2D eigenvalue weighted by molar-refractivity contribution is -0.0592. The van der Waals surface area contributed by atoms with Gasteiger partial charge in [-0.2, -0.15) is 5.10 Å². The standard InChI is InChI=1S/C50H53FN8O7S/c1-28-20-37(21-29(2)43(28)51)59-44(56-18-17-55(48(56)62)35-13-10-31(11-14-35)27-67(6,63)64)42-38(53-59)24-36-8-7-9-40(42)57(36)45(60)41-23-34-22-32(33-16-19-65-49(4,5)26-33)12-15-39(34)58(41)50(25-30(50)3)46-52-47(61)66-54-46/h10-15,17-18,20-23,30,33,36,40H,7-9,16,19,24-27H2,1-6H3,(H,52,54,61)/t30-,33-,36+,40-,50-/m0/s1. The molecule has 2 saturated heterocycles. The van der Waals surface area contributed by atoms with Crippen molar-refractivity contribution < 1.29 is 26.9 Å². The highest BCUT2D eigenvalue weighted by atomic mass is 32.2. The second kappa shape index (κ2) is 15.4. The van der Waals surface area contributed by atoms with E-state index >= 15 is 9.18 Å². The molecule has 67 heavy (non-hydrogen) atoms. The summed E-state index contributed by atoms with van der Waals surface area (Å²) in [6, 6.07) is 18.0. The molecule has 0 unspecified atom stereocenters. The molecule has 1 amide bonds. The van der Waals surface area contributed by atoms with Gasteiger partial charge in [0.05, 0.1) is 34.5 Å². The fraction of sp³-hybridized carbons (Fsp3) is 0.420. The molecule has 2 bridgehead atoms. The number of hydrogen-bond donors (Lipinski definition) is 1. The molecule has 3 aliphatic heterocycles. The van der Waals surface area contributed by atoms with Crippen molar-refractivity contribution in [2.45, 2.75) is 114 Å². The molecule has 1 N–H and O–H groups in total. The van der Waals surface area contributed by atoms with Crippen LogP contribution in [0.25, 0.3) is 28.1 Å². The van der Waals surface area contributed by atoms with Gasteiger partial charge in [0.2, 0.25) is 0 Å². The maximum absolute atomic E-state index is 15.9. The van der Waals surface area contributed by atoms with E-state index in [0.29, 0.717) is 71.3 Å². The Balaban J connectivity index is 1.07. The molecule has 7 aromatic rings. The molecule has 0 spiro atoms. The summed E-state index contributed by atoms with van der Waals surface area (Å²) < 4.78 is 57.2. The maximum Gasteiger partial charge on any atom is 0.438 e. The van der Waals surface area contributed by atoms with Crippen LogP contribution in [0.4, 0.5) is 4.39 Å². The van der Waals surface area contributed by atoms with Gasteiger partial charge in [0, 0.05) is 54.2 Å². The van der Waals surface area contributed by atoms with Crippen LogP contribution in [0.2, 0.25) is 0 Å². The molecular weight excluding hydrogens is 876 g/mol. The van der Waals surface area contributed by atoms with Crippen molar-refractivity contribution in [2.75, 3.05) is 12.9 Å². The number of fused-ring (bicyclic) bond motifs is 5. The highest BCUT2D eigenvalue weighted by Crippen LogP contribution is 2.56. The number of carbonyl (C=O) groups is 1. The van der Waals surface area contributed by atoms with Crippen LogP contribution in [-0.2, 0) is 32.3 Å². The van der Waals surface area contributed by atoms with Crippen LogP contribution >= 0.6 is 0 Å². The molecule has 348 valence electrons. The van der Waals surface area contributed by atoms with Gasteiger partial charge in [0.15, 0.2) is 15.7 Å². The number of aromatic amines is 1. The number of aryl methyl sites for hydroxylation is 2. The molecule has 15 nitrogen and oxygen atoms in total. The summed E-state index contributed by atoms with van der Waals surface area (Å²) in [6.45, 7) is 10.4. The fourth-order valence-corrected chi connectivity index (χ4v) is 12.4. The Morgan fingerprint density at radius 1 is 0.940 bits per heavy atom. The molecule has 5 atom stereocenters. The number of H-pyrrole nitrogens is 1. The molecule has 3 aromatic carbocycles. The highest BCUT2D eigenvalue weighted by Gasteiger charge is 2.59. The highest BCUT2D eigenvalue weighted by molar-refractivity contribution is 7.89. The second-order valence-corrected chi connectivity index (χ2v) is 22.2. The zero-order valence-corrected chi connectivity index (χ0v) is 39.2. The SMILES string of the molecule is Cc1cc(-n2nc3c(c2-n2ccn(-c4ccc(CS(C)(=O)=O)cc4)c2=O)[C@@H]2CCC[C@H](C3)N2C(=O)c2cc3cc([C@H]4CCOC(C)(C)C4)ccc3n2[C@@]2(c3noc(=O)[nH]3)C[C@@H]2C)cc(C)c1F. The fourth-order valence-electron chi connectivity index (χ4n) is 11.6. The number of sulfone groups is 1. The van der Waals surface area contributed by atoms with E-state index in [1.54, 1.807) is 71.9 Å². The monoisotopic (exact) mass is 928 g/mol. The minimum atomic E-state index is -3.27. The van der Waals surface area contributed by atoms with Crippen LogP contribution in [-0.4, -0.2) is 77.4 Å². The molecule has 4 aliphatic rings. The van der Waals surface area contributed by atoms with Crippen molar-refractivity contribution in [3.05, 3.63) is 145 Å². The number of nitrogens with zero attached hydrogens (tertiary/aromatic N) is 7. The number of imidazole rings is 1. The summed E-state index contributed by atoms with van der Waals surface area (Å²) in [5, 5.41) is 10.3. The summed E-state index contributed by atoms with van der Waals surface area (Å²) >= 11 is 0. The number of benzene rings is 3. The third-order valence-corrected chi connectivity index (χ3v) is 15.6. The molecule has 3 fully saturated rings. The van der Waals surface area contributed by atoms with E-state index in [0.717, 1.165) is 47.8 Å². The van der Waals surface area contributed by atoms with Gasteiger partial charge in [-0.05, 0) is 143 Å². The van der Waals surface area contributed by atoms with Crippen LogP contribution in [0.1, 0.15) is 121 Å². The smallest absolute Gasteiger partial charge is 0.376 e. The van der Waals surface area contributed by atoms with Gasteiger partial charge in [0.1, 0.15) is 22.9 Å². The third kappa shape index (κ3) is 7.14. The van der Waals surface area contributed by atoms with Crippen LogP contribution in [0.5, 0.6) is 0 Å². The predicted octanol–water partition coefficient (Wildman–Crippen LogP) is 7.49. The maximum atomic E-state index is 15.9. The van der Waals surface area contributed by atoms with Gasteiger partial charge < -0.3 is 14.2 Å². The Bertz CT molecular complexity index is 3370. The normalized spacial score (nSPS) is 23.4. The first kappa shape index (κ1) is 43.3. The van der Waals surface area contributed by atoms with Gasteiger partial charge in [-0.25, -0.2) is 27.1 Å². The van der Waals surface area contributed by atoms with E-state index in [1.165, 1.54) is 16.4 Å². The average Bonchev–Trinajstić information content (AvgIpc) is 3.76. The van der Waals surface area contributed by atoms with Gasteiger partial charge in [-0.1, -0.05) is 30.3 Å². The zero-order chi connectivity index (χ0) is 46.9. The lowest BCUT2D eigenvalue weighted by Gasteiger charge is -2.46. The molecule has 1 aliphatic carbocycles. The van der Waals surface area contributed by atoms with Crippen LogP contribution < -0.4 is 11.4 Å². The van der Waals surface area contributed by atoms with Crippen molar-refractivity contribution >= 4 is 26.6 Å². The Labute approximate surface area is 386 Å². The van der Waals surface area contributed by atoms with Crippen molar-refractivity contribution in [2.24, 2.45) is 5.92 Å². The summed E-state index contributed by atoms with van der Waals surface area (Å²) in [5.41, 5.74) is 5.07. The summed E-state index contributed by atoms with van der Waals surface area (Å²) in [4.78, 5) is 48.0. The number of piperidine rings is 1. The van der Waals surface area contributed by atoms with E-state index in [9.17, 15) is 18.0 Å². The van der Waals surface area contributed by atoms with Crippen molar-refractivity contribution in [3.63, 3.8) is 0 Å². The van der Waals surface area contributed by atoms with Gasteiger partial charge in [-0.3, -0.25) is 23.4 Å². The first-order chi connectivity index (χ1) is 31.9. The number of nitrogens with one attached hydrogen (secondary N) is 1. The Morgan fingerprint density at radius 3 is 2.34 bits per heavy atom. The number of rotatable bonds is 9. The quantitative estimate of drug-likeness (QED) is 0.154. The summed E-state index contributed by atoms with van der Waals surface area (Å²) in [6.07, 6.45) is 9.50. The predicted molar refractivity (Wildman–Crippen MR) is 249 cm³/mol. The molecule has 11 rings (SSSR count). The summed E-state index contributed by atoms with van der Waals surface area (Å²) in [7, 11) is -3.27. The van der Waals surface area contributed by atoms with E-state index in [1.807, 2.05) is 11.0 Å². The second-order valence-electron chi connectivity index (χ2n) is 20.0. The van der Waals surface area contributed by atoms with Crippen molar-refractivity contribution in [1.29, 1.82) is 0 Å². The van der Waals surface area contributed by atoms with Crippen LogP contribution in [0.15, 0.2) is 87.2 Å². The van der Waals surface area contributed by atoms with Crippen LogP contribution in [0.3, 0.4) is 0 Å². The lowest BCUT2D eigenvalue weighted by atomic mass is 9.82. The Kier molecular flexibility index (Phi) is 9.91. The summed E-state index contributed by atoms with van der Waals surface area (Å²) in [5.74, 6) is -0.179. The number of hydrogen-bond acceptors (Lipinski definition) is 9. The zero-order valence-electron chi connectivity index (χ0n) is 38.4. The largest absolute Gasteiger partial charge is 0.438 e. The third-order valence-electron chi connectivity index (χ3n) is 14.8. The number of amides is 1. The molecule has 0 radical (unpaired) electrons. The van der Waals surface area contributed by atoms with Gasteiger partial charge in [-0.15, -0.1) is 0 Å². The Morgan fingerprint density at radius 2 is 1.67 bits per heavy atom. The Hall–Kier alpha value is -6.33. The minimum absolute atomic E-state index is 0.0121. The van der Waals surface area contributed by atoms with Crippen molar-refractivity contribution in [3.8, 4) is 17.2 Å². The van der Waals surface area contributed by atoms with E-state index in [-0.39, 0.29) is 41.0 Å². The van der Waals surface area contributed by atoms with E-state index in [2.05, 4.69) is 53.7 Å². The van der Waals surface area contributed by atoms with Gasteiger partial charge >= 0.3 is 11.4 Å². The van der Waals surface area contributed by atoms with E-state index < -0.39 is 32.9 Å². The van der Waals surface area contributed by atoms with Gasteiger partial charge in [0.25, 0.3) is 5.91 Å². The molecule has 17 heteroatoms.